The molecule has 12 heteroatoms. The predicted molar refractivity (Wildman–Crippen MR) is 85.8 cm³/mol. The van der Waals surface area contributed by atoms with Crippen molar-refractivity contribution in [2.24, 2.45) is 0 Å². The van der Waals surface area contributed by atoms with Crippen LogP contribution >= 0.6 is 0 Å². The van der Waals surface area contributed by atoms with E-state index in [9.17, 15) is 35.3 Å². The van der Waals surface area contributed by atoms with Crippen molar-refractivity contribution in [1.82, 2.24) is 0 Å². The number of Topliss-reactive ketones (excluding diaryl/α,β-unsaturated/α-hetero) is 1. The number of ketones is 1. The molecule has 2 aromatic carbocycles. The third kappa shape index (κ3) is 3.42. The van der Waals surface area contributed by atoms with E-state index >= 15 is 0 Å². The largest absolute Gasteiger partial charge is 0.483 e. The maximum atomic E-state index is 14.0. The lowest BCUT2D eigenvalue weighted by atomic mass is 10.1. The molecule has 1 unspecified atom stereocenters. The van der Waals surface area contributed by atoms with E-state index in [1.165, 1.54) is 0 Å². The van der Waals surface area contributed by atoms with Crippen LogP contribution in [0.1, 0.15) is 21.5 Å². The van der Waals surface area contributed by atoms with Gasteiger partial charge in [0.2, 0.25) is 5.78 Å². The zero-order chi connectivity index (χ0) is 21.8. The molecular weight excluding hydrogens is 426 g/mol. The summed E-state index contributed by atoms with van der Waals surface area (Å²) in [5, 5.41) is 8.84. The van der Waals surface area contributed by atoms with Gasteiger partial charge in [-0.25, -0.2) is 13.4 Å². The van der Waals surface area contributed by atoms with Gasteiger partial charge in [0.1, 0.15) is 17.3 Å². The van der Waals surface area contributed by atoms with Gasteiger partial charge in [-0.2, -0.15) is 27.2 Å². The third-order valence-corrected chi connectivity index (χ3v) is 5.67. The first-order valence-electron chi connectivity index (χ1n) is 7.60. The van der Waals surface area contributed by atoms with Crippen LogP contribution in [0.15, 0.2) is 35.2 Å². The highest BCUT2D eigenvalue weighted by Gasteiger charge is 2.53. The molecule has 1 N–H and O–H groups in total. The number of ether oxygens (including phenoxy) is 1. The third-order valence-electron chi connectivity index (χ3n) is 4.05. The molecule has 29 heavy (non-hydrogen) atoms. The monoisotopic (exact) mass is 434 g/mol. The number of alkyl halides is 5. The lowest BCUT2D eigenvalue weighted by Gasteiger charge is -2.16. The number of hydrogen-bond acceptors (Lipinski definition) is 5. The standard InChI is InChI=1S/C17H8F6N2O3S/c18-9-3-8(7-24)4-10(5-9)28-12-1-2-13(29(25,27)17(21,22)23)14-11(12)6-16(19,20)15(14)26/h1-5,25H,6H2. The van der Waals surface area contributed by atoms with Crippen LogP contribution in [-0.4, -0.2) is 21.4 Å². The molecule has 1 atom stereocenters. The topological polar surface area (TPSA) is 91.0 Å². The number of nitrogens with one attached hydrogen (secondary N) is 1. The highest BCUT2D eigenvalue weighted by molar-refractivity contribution is 7.93. The normalized spacial score (nSPS) is 17.3. The molecule has 1 aliphatic rings. The Bertz CT molecular complexity index is 1180. The number of hydrogen-bond donors (Lipinski definition) is 1. The number of carbonyl (C=O) groups is 1. The smallest absolute Gasteiger partial charge is 0.457 e. The van der Waals surface area contributed by atoms with Crippen LogP contribution in [0.2, 0.25) is 0 Å². The molecule has 0 saturated carbocycles. The second-order valence-corrected chi connectivity index (χ2v) is 8.03. The van der Waals surface area contributed by atoms with Gasteiger partial charge >= 0.3 is 11.4 Å². The van der Waals surface area contributed by atoms with Gasteiger partial charge < -0.3 is 4.74 Å². The van der Waals surface area contributed by atoms with Crippen molar-refractivity contribution in [3.63, 3.8) is 0 Å². The summed E-state index contributed by atoms with van der Waals surface area (Å²) in [5.41, 5.74) is -7.68. The predicted octanol–water partition coefficient (Wildman–Crippen LogP) is 4.79. The molecule has 3 rings (SSSR count). The number of nitriles is 1. The van der Waals surface area contributed by atoms with Crippen molar-refractivity contribution in [1.29, 1.82) is 10.0 Å². The van der Waals surface area contributed by atoms with E-state index in [-0.39, 0.29) is 11.3 Å². The Morgan fingerprint density at radius 2 is 1.86 bits per heavy atom. The summed E-state index contributed by atoms with van der Waals surface area (Å²) in [4.78, 5) is 10.6. The lowest BCUT2D eigenvalue weighted by molar-refractivity contribution is -0.0407. The molecule has 5 nitrogen and oxygen atoms in total. The molecular formula is C17H8F6N2O3S. The summed E-state index contributed by atoms with van der Waals surface area (Å²) in [6.07, 6.45) is -1.35. The molecule has 0 spiro atoms. The Balaban J connectivity index is 2.20. The van der Waals surface area contributed by atoms with Gasteiger partial charge in [-0.05, 0) is 24.3 Å². The Morgan fingerprint density at radius 3 is 2.45 bits per heavy atom. The number of rotatable bonds is 3. The number of nitrogens with zero attached hydrogens (tertiary/aromatic N) is 1. The maximum Gasteiger partial charge on any atom is 0.483 e. The van der Waals surface area contributed by atoms with Gasteiger partial charge in [0, 0.05) is 23.6 Å². The van der Waals surface area contributed by atoms with E-state index in [0.717, 1.165) is 24.3 Å². The van der Waals surface area contributed by atoms with Crippen LogP contribution in [0.25, 0.3) is 0 Å². The van der Waals surface area contributed by atoms with Crippen LogP contribution < -0.4 is 4.74 Å². The van der Waals surface area contributed by atoms with Gasteiger partial charge in [0.05, 0.1) is 16.5 Å². The second kappa shape index (κ2) is 6.48. The Hall–Kier alpha value is -3.07. The summed E-state index contributed by atoms with van der Waals surface area (Å²) in [6, 6.07) is 5.50. The molecule has 0 radical (unpaired) electrons. The van der Waals surface area contributed by atoms with E-state index < -0.39 is 61.0 Å². The Kier molecular flexibility index (Phi) is 4.62. The van der Waals surface area contributed by atoms with E-state index in [0.29, 0.717) is 6.07 Å². The van der Waals surface area contributed by atoms with E-state index in [1.54, 1.807) is 6.07 Å². The molecule has 0 amide bonds. The zero-order valence-electron chi connectivity index (χ0n) is 13.9. The molecule has 0 heterocycles. The van der Waals surface area contributed by atoms with Gasteiger partial charge in [-0.15, -0.1) is 0 Å². The molecule has 0 bridgehead atoms. The average Bonchev–Trinajstić information content (AvgIpc) is 2.84. The second-order valence-electron chi connectivity index (χ2n) is 6.02. The van der Waals surface area contributed by atoms with Crippen LogP contribution in [0.3, 0.4) is 0 Å². The first kappa shape index (κ1) is 20.7. The van der Waals surface area contributed by atoms with Crippen LogP contribution in [0, 0.1) is 21.9 Å². The van der Waals surface area contributed by atoms with Gasteiger partial charge in [-0.1, -0.05) is 0 Å². The average molecular weight is 434 g/mol. The summed E-state index contributed by atoms with van der Waals surface area (Å²) in [7, 11) is -5.60. The lowest BCUT2D eigenvalue weighted by Crippen LogP contribution is -2.27. The number of benzene rings is 2. The SMILES string of the molecule is N#Cc1cc(F)cc(Oc2ccc(S(=N)(=O)C(F)(F)F)c3c2CC(F)(F)C3=O)c1. The van der Waals surface area contributed by atoms with E-state index in [1.807, 2.05) is 0 Å². The Labute approximate surface area is 159 Å². The van der Waals surface area contributed by atoms with Gasteiger partial charge in [-0.3, -0.25) is 4.79 Å². The van der Waals surface area contributed by atoms with Crippen molar-refractivity contribution in [3.05, 3.63) is 52.8 Å². The minimum absolute atomic E-state index is 0.180. The van der Waals surface area contributed by atoms with Crippen molar-refractivity contribution in [3.8, 4) is 17.6 Å². The summed E-state index contributed by atoms with van der Waals surface area (Å²) >= 11 is 0. The van der Waals surface area contributed by atoms with E-state index in [2.05, 4.69) is 0 Å². The summed E-state index contributed by atoms with van der Waals surface area (Å²) < 4.78 is 105. The molecule has 0 aliphatic heterocycles. The molecule has 0 aromatic heterocycles. The van der Waals surface area contributed by atoms with Crippen LogP contribution in [-0.2, 0) is 16.1 Å². The molecule has 0 fully saturated rings. The fraction of sp³-hybridized carbons (Fsp3) is 0.176. The summed E-state index contributed by atoms with van der Waals surface area (Å²) in [5.74, 6) is -7.87. The zero-order valence-corrected chi connectivity index (χ0v) is 14.8. The maximum absolute atomic E-state index is 14.0. The highest BCUT2D eigenvalue weighted by atomic mass is 32.2. The molecule has 2 aromatic rings. The fourth-order valence-electron chi connectivity index (χ4n) is 2.79. The minimum Gasteiger partial charge on any atom is -0.457 e. The minimum atomic E-state index is -5.61. The number of halogens is 6. The first-order valence-corrected chi connectivity index (χ1v) is 9.16. The van der Waals surface area contributed by atoms with Crippen molar-refractivity contribution >= 4 is 15.5 Å². The van der Waals surface area contributed by atoms with Gasteiger partial charge in [0.25, 0.3) is 0 Å². The van der Waals surface area contributed by atoms with Crippen LogP contribution in [0.4, 0.5) is 26.3 Å². The van der Waals surface area contributed by atoms with E-state index in [4.69, 9.17) is 14.8 Å². The Morgan fingerprint density at radius 1 is 1.21 bits per heavy atom. The molecule has 0 saturated heterocycles. The van der Waals surface area contributed by atoms with Crippen molar-refractivity contribution < 1.29 is 40.1 Å². The van der Waals surface area contributed by atoms with Crippen molar-refractivity contribution in [2.45, 2.75) is 22.7 Å². The summed E-state index contributed by atoms with van der Waals surface area (Å²) in [6.45, 7) is 0. The number of fused-ring (bicyclic) bond motifs is 1. The van der Waals surface area contributed by atoms with Crippen LogP contribution in [0.5, 0.6) is 11.5 Å². The molecule has 1 aliphatic carbocycles. The quantitative estimate of drug-likeness (QED) is 0.704. The molecule has 152 valence electrons. The van der Waals surface area contributed by atoms with Crippen molar-refractivity contribution in [2.75, 3.05) is 0 Å². The van der Waals surface area contributed by atoms with Gasteiger partial charge in [0.15, 0.2) is 9.73 Å². The fourth-order valence-corrected chi connectivity index (χ4v) is 3.80. The first-order chi connectivity index (χ1) is 13.3. The highest BCUT2D eigenvalue weighted by Crippen LogP contribution is 2.45. The number of carbonyl (C=O) groups excluding carboxylic acids is 1.